The van der Waals surface area contributed by atoms with Crippen LogP contribution < -0.4 is 5.32 Å². The van der Waals surface area contributed by atoms with E-state index in [9.17, 15) is 14.4 Å². The third-order valence-corrected chi connectivity index (χ3v) is 2.64. The fourth-order valence-electron chi connectivity index (χ4n) is 1.41. The Morgan fingerprint density at radius 1 is 1.21 bits per heavy atom. The number of rotatable bonds is 7. The predicted molar refractivity (Wildman–Crippen MR) is 70.7 cm³/mol. The van der Waals surface area contributed by atoms with E-state index in [1.165, 1.54) is 6.20 Å². The van der Waals surface area contributed by atoms with Gasteiger partial charge in [-0.3, -0.25) is 19.4 Å². The second-order valence-electron chi connectivity index (χ2n) is 4.56. The lowest BCUT2D eigenvalue weighted by atomic mass is 10.0. The van der Waals surface area contributed by atoms with Crippen molar-refractivity contribution in [3.05, 3.63) is 30.1 Å². The normalized spacial score (nSPS) is 10.3. The molecule has 0 unspecified atom stereocenters. The van der Waals surface area contributed by atoms with Crippen LogP contribution in [0.15, 0.2) is 24.4 Å². The zero-order valence-corrected chi connectivity index (χ0v) is 11.2. The lowest BCUT2D eigenvalue weighted by molar-refractivity contribution is -0.125. The van der Waals surface area contributed by atoms with Crippen LogP contribution in [0.25, 0.3) is 0 Å². The quantitative estimate of drug-likeness (QED) is 0.805. The molecule has 0 aliphatic heterocycles. The maximum absolute atomic E-state index is 11.6. The van der Waals surface area contributed by atoms with E-state index in [4.69, 9.17) is 0 Å². The largest absolute Gasteiger partial charge is 0.344 e. The summed E-state index contributed by atoms with van der Waals surface area (Å²) in [5, 5.41) is 2.49. The molecule has 0 saturated carbocycles. The maximum Gasteiger partial charge on any atom is 0.270 e. The maximum atomic E-state index is 11.6. The smallest absolute Gasteiger partial charge is 0.270 e. The summed E-state index contributed by atoms with van der Waals surface area (Å²) in [5.41, 5.74) is 0.272. The van der Waals surface area contributed by atoms with Crippen LogP contribution >= 0.6 is 0 Å². The van der Waals surface area contributed by atoms with Crippen molar-refractivity contribution in [3.63, 3.8) is 0 Å². The summed E-state index contributed by atoms with van der Waals surface area (Å²) in [6.07, 6.45) is 1.91. The number of carbonyl (C=O) groups is 3. The Bertz CT molecular complexity index is 455. The second-order valence-corrected chi connectivity index (χ2v) is 4.56. The Morgan fingerprint density at radius 3 is 2.53 bits per heavy atom. The van der Waals surface area contributed by atoms with Gasteiger partial charge in [-0.25, -0.2) is 0 Å². The summed E-state index contributed by atoms with van der Waals surface area (Å²) in [6.45, 7) is 3.53. The van der Waals surface area contributed by atoms with Crippen LogP contribution in [0.1, 0.15) is 37.2 Å². The molecular formula is C14H18N2O3. The van der Waals surface area contributed by atoms with Crippen LogP contribution in [0.5, 0.6) is 0 Å². The Balaban J connectivity index is 2.31. The van der Waals surface area contributed by atoms with Crippen LogP contribution in [0.3, 0.4) is 0 Å². The molecule has 1 N–H and O–H groups in total. The number of Topliss-reactive ketones (excluding diaryl/α,β-unsaturated/α-hetero) is 2. The molecule has 0 aliphatic rings. The van der Waals surface area contributed by atoms with Crippen molar-refractivity contribution >= 4 is 17.5 Å². The summed E-state index contributed by atoms with van der Waals surface area (Å²) in [7, 11) is 0. The zero-order valence-electron chi connectivity index (χ0n) is 11.2. The van der Waals surface area contributed by atoms with E-state index in [0.29, 0.717) is 0 Å². The van der Waals surface area contributed by atoms with Gasteiger partial charge in [-0.1, -0.05) is 19.9 Å². The fraction of sp³-hybridized carbons (Fsp3) is 0.429. The van der Waals surface area contributed by atoms with E-state index in [1.54, 1.807) is 32.0 Å². The standard InChI is InChI=1S/C14H18N2O3/c1-10(2)13(18)7-6-11(17)9-16-14(19)12-5-3-4-8-15-12/h3-5,8,10H,6-7,9H2,1-2H3,(H,16,19). The molecule has 102 valence electrons. The number of nitrogens with zero attached hydrogens (tertiary/aromatic N) is 1. The average molecular weight is 262 g/mol. The van der Waals surface area contributed by atoms with E-state index >= 15 is 0 Å². The number of ketones is 2. The summed E-state index contributed by atoms with van der Waals surface area (Å²) in [6, 6.07) is 4.98. The summed E-state index contributed by atoms with van der Waals surface area (Å²) in [5.74, 6) is -0.539. The van der Waals surface area contributed by atoms with Gasteiger partial charge in [-0.2, -0.15) is 0 Å². The van der Waals surface area contributed by atoms with Crippen LogP contribution in [0.4, 0.5) is 0 Å². The number of nitrogens with one attached hydrogen (secondary N) is 1. The minimum Gasteiger partial charge on any atom is -0.344 e. The third-order valence-electron chi connectivity index (χ3n) is 2.64. The average Bonchev–Trinajstić information content (AvgIpc) is 2.42. The molecule has 0 atom stereocenters. The van der Waals surface area contributed by atoms with Gasteiger partial charge in [0.05, 0.1) is 6.54 Å². The van der Waals surface area contributed by atoms with Crippen LogP contribution in [-0.2, 0) is 9.59 Å². The van der Waals surface area contributed by atoms with Crippen LogP contribution in [-0.4, -0.2) is 29.0 Å². The predicted octanol–water partition coefficient (Wildman–Crippen LogP) is 1.39. The summed E-state index contributed by atoms with van der Waals surface area (Å²) in [4.78, 5) is 38.4. The first kappa shape index (κ1) is 15.0. The first-order valence-corrected chi connectivity index (χ1v) is 6.24. The van der Waals surface area contributed by atoms with Gasteiger partial charge in [0.2, 0.25) is 0 Å². The molecule has 5 heteroatoms. The molecule has 1 rings (SSSR count). The van der Waals surface area contributed by atoms with Crippen molar-refractivity contribution in [3.8, 4) is 0 Å². The van der Waals surface area contributed by atoms with Crippen molar-refractivity contribution in [2.75, 3.05) is 6.54 Å². The first-order chi connectivity index (χ1) is 9.00. The monoisotopic (exact) mass is 262 g/mol. The molecule has 0 spiro atoms. The molecular weight excluding hydrogens is 244 g/mol. The van der Waals surface area contributed by atoms with Gasteiger partial charge in [0, 0.05) is 25.0 Å². The van der Waals surface area contributed by atoms with E-state index < -0.39 is 0 Å². The van der Waals surface area contributed by atoms with Crippen LogP contribution in [0, 0.1) is 5.92 Å². The molecule has 0 radical (unpaired) electrons. The van der Waals surface area contributed by atoms with Crippen molar-refractivity contribution in [2.45, 2.75) is 26.7 Å². The summed E-state index contributed by atoms with van der Waals surface area (Å²) < 4.78 is 0. The van der Waals surface area contributed by atoms with Gasteiger partial charge in [-0.05, 0) is 12.1 Å². The fourth-order valence-corrected chi connectivity index (χ4v) is 1.41. The van der Waals surface area contributed by atoms with Crippen LogP contribution in [0.2, 0.25) is 0 Å². The van der Waals surface area contributed by atoms with E-state index in [0.717, 1.165) is 0 Å². The van der Waals surface area contributed by atoms with Crippen molar-refractivity contribution < 1.29 is 14.4 Å². The third kappa shape index (κ3) is 5.42. The minimum atomic E-state index is -0.385. The number of hydrogen-bond acceptors (Lipinski definition) is 4. The molecule has 1 aromatic heterocycles. The number of amides is 1. The highest BCUT2D eigenvalue weighted by atomic mass is 16.2. The number of carbonyl (C=O) groups excluding carboxylic acids is 3. The molecule has 5 nitrogen and oxygen atoms in total. The zero-order chi connectivity index (χ0) is 14.3. The number of pyridine rings is 1. The summed E-state index contributed by atoms with van der Waals surface area (Å²) >= 11 is 0. The van der Waals surface area contributed by atoms with Crippen molar-refractivity contribution in [1.82, 2.24) is 10.3 Å². The SMILES string of the molecule is CC(C)C(=O)CCC(=O)CNC(=O)c1ccccn1. The van der Waals surface area contributed by atoms with Gasteiger partial charge < -0.3 is 5.32 Å². The topological polar surface area (TPSA) is 76.1 Å². The molecule has 1 amide bonds. The molecule has 0 aliphatic carbocycles. The Kier molecular flexibility index (Phi) is 5.85. The molecule has 0 bridgehead atoms. The first-order valence-electron chi connectivity index (χ1n) is 6.24. The molecule has 19 heavy (non-hydrogen) atoms. The van der Waals surface area contributed by atoms with E-state index in [2.05, 4.69) is 10.3 Å². The molecule has 0 aromatic carbocycles. The minimum absolute atomic E-state index is 0.0593. The number of hydrogen-bond donors (Lipinski definition) is 1. The lowest BCUT2D eigenvalue weighted by Crippen LogP contribution is -2.30. The van der Waals surface area contributed by atoms with Gasteiger partial charge in [0.15, 0.2) is 5.78 Å². The highest BCUT2D eigenvalue weighted by Crippen LogP contribution is 2.02. The number of aromatic nitrogens is 1. The van der Waals surface area contributed by atoms with Gasteiger partial charge in [0.1, 0.15) is 11.5 Å². The van der Waals surface area contributed by atoms with E-state index in [1.807, 2.05) is 0 Å². The lowest BCUT2D eigenvalue weighted by Gasteiger charge is -2.05. The van der Waals surface area contributed by atoms with Crippen molar-refractivity contribution in [2.24, 2.45) is 5.92 Å². The Labute approximate surface area is 112 Å². The molecule has 1 heterocycles. The molecule has 0 saturated heterocycles. The van der Waals surface area contributed by atoms with Gasteiger partial charge in [0.25, 0.3) is 5.91 Å². The molecule has 0 fully saturated rings. The second kappa shape index (κ2) is 7.41. The molecule has 1 aromatic rings. The van der Waals surface area contributed by atoms with Gasteiger partial charge in [-0.15, -0.1) is 0 Å². The Morgan fingerprint density at radius 2 is 1.95 bits per heavy atom. The highest BCUT2D eigenvalue weighted by Gasteiger charge is 2.12. The van der Waals surface area contributed by atoms with Crippen molar-refractivity contribution in [1.29, 1.82) is 0 Å². The van der Waals surface area contributed by atoms with E-state index in [-0.39, 0.29) is 48.5 Å². The Hall–Kier alpha value is -2.04. The highest BCUT2D eigenvalue weighted by molar-refractivity contribution is 5.95. The van der Waals surface area contributed by atoms with Gasteiger partial charge >= 0.3 is 0 Å².